The Morgan fingerprint density at radius 3 is 2.36 bits per heavy atom. The van der Waals surface area contributed by atoms with Crippen molar-refractivity contribution in [2.75, 3.05) is 0 Å². The Morgan fingerprint density at radius 2 is 1.91 bits per heavy atom. The number of phenols is 1. The molecule has 0 aliphatic rings. The lowest BCUT2D eigenvalue weighted by molar-refractivity contribution is 0.475. The van der Waals surface area contributed by atoms with E-state index in [4.69, 9.17) is 5.11 Å². The van der Waals surface area contributed by atoms with Crippen LogP contribution >= 0.6 is 15.9 Å². The van der Waals surface area contributed by atoms with Crippen LogP contribution in [0.5, 0.6) is 5.75 Å². The zero-order valence-electron chi connectivity index (χ0n) is 6.05. The zero-order chi connectivity index (χ0) is 8.27. The minimum Gasteiger partial charge on any atom is -0.508 e. The second kappa shape index (κ2) is 3.58. The summed E-state index contributed by atoms with van der Waals surface area (Å²) in [4.78, 5) is 0. The van der Waals surface area contributed by atoms with Crippen molar-refractivity contribution in [3.63, 3.8) is 0 Å². The van der Waals surface area contributed by atoms with Crippen LogP contribution in [0.15, 0.2) is 35.3 Å². The Kier molecular flexibility index (Phi) is 2.71. The molecule has 1 N–H and O–H groups in total. The molecule has 0 spiro atoms. The Bertz CT molecular complexity index is 251. The molecule has 0 aliphatic heterocycles. The number of rotatable bonds is 2. The van der Waals surface area contributed by atoms with E-state index in [0.29, 0.717) is 5.75 Å². The molecule has 1 aromatic rings. The minimum atomic E-state index is 0.300. The van der Waals surface area contributed by atoms with Crippen LogP contribution < -0.4 is 0 Å². The van der Waals surface area contributed by atoms with Crippen molar-refractivity contribution in [2.24, 2.45) is 0 Å². The molecular formula is C9H9BrO. The summed E-state index contributed by atoms with van der Waals surface area (Å²) >= 11 is 3.27. The van der Waals surface area contributed by atoms with E-state index in [1.807, 2.05) is 12.1 Å². The molecule has 0 saturated heterocycles. The van der Waals surface area contributed by atoms with Crippen LogP contribution in [0.4, 0.5) is 0 Å². The van der Waals surface area contributed by atoms with Gasteiger partial charge in [-0.2, -0.15) is 0 Å². The molecule has 1 rings (SSSR count). The highest BCUT2D eigenvalue weighted by atomic mass is 79.9. The molecule has 58 valence electrons. The van der Waals surface area contributed by atoms with Gasteiger partial charge in [-0.3, -0.25) is 0 Å². The van der Waals surface area contributed by atoms with Crippen LogP contribution in [0.2, 0.25) is 0 Å². The molecule has 1 aromatic carbocycles. The predicted molar refractivity (Wildman–Crippen MR) is 49.9 cm³/mol. The highest BCUT2D eigenvalue weighted by Crippen LogP contribution is 2.14. The average Bonchev–Trinajstić information content (AvgIpc) is 1.93. The fraction of sp³-hybridized carbons (Fsp3) is 0.111. The summed E-state index contributed by atoms with van der Waals surface area (Å²) in [6.45, 7) is 3.73. The summed E-state index contributed by atoms with van der Waals surface area (Å²) < 4.78 is 0.947. The molecule has 0 bridgehead atoms. The third-order valence-corrected chi connectivity index (χ3v) is 1.61. The van der Waals surface area contributed by atoms with Crippen LogP contribution in [0, 0.1) is 0 Å². The normalized spacial score (nSPS) is 9.55. The third-order valence-electron chi connectivity index (χ3n) is 1.33. The van der Waals surface area contributed by atoms with E-state index in [9.17, 15) is 0 Å². The highest BCUT2D eigenvalue weighted by Gasteiger charge is 1.93. The SMILES string of the molecule is C=C(Br)Cc1ccc(O)cc1. The van der Waals surface area contributed by atoms with Gasteiger partial charge in [-0.25, -0.2) is 0 Å². The van der Waals surface area contributed by atoms with Crippen molar-refractivity contribution in [2.45, 2.75) is 6.42 Å². The summed E-state index contributed by atoms with van der Waals surface area (Å²) in [6, 6.07) is 7.10. The number of hydrogen-bond donors (Lipinski definition) is 1. The first-order valence-corrected chi connectivity index (χ1v) is 4.09. The molecule has 2 heteroatoms. The monoisotopic (exact) mass is 212 g/mol. The van der Waals surface area contributed by atoms with Crippen molar-refractivity contribution < 1.29 is 5.11 Å². The zero-order valence-corrected chi connectivity index (χ0v) is 7.63. The first-order valence-electron chi connectivity index (χ1n) is 3.29. The van der Waals surface area contributed by atoms with Gasteiger partial charge in [0.15, 0.2) is 0 Å². The summed E-state index contributed by atoms with van der Waals surface area (Å²) in [5.74, 6) is 0.300. The average molecular weight is 213 g/mol. The van der Waals surface area contributed by atoms with Gasteiger partial charge >= 0.3 is 0 Å². The molecular weight excluding hydrogens is 204 g/mol. The van der Waals surface area contributed by atoms with Crippen molar-refractivity contribution >= 4 is 15.9 Å². The summed E-state index contributed by atoms with van der Waals surface area (Å²) in [5, 5.41) is 8.96. The summed E-state index contributed by atoms with van der Waals surface area (Å²) in [6.07, 6.45) is 0.806. The van der Waals surface area contributed by atoms with Gasteiger partial charge in [0.1, 0.15) is 5.75 Å². The van der Waals surface area contributed by atoms with Crippen LogP contribution in [0.3, 0.4) is 0 Å². The molecule has 0 unspecified atom stereocenters. The van der Waals surface area contributed by atoms with E-state index in [-0.39, 0.29) is 0 Å². The van der Waals surface area contributed by atoms with Crippen molar-refractivity contribution in [3.05, 3.63) is 40.9 Å². The number of benzene rings is 1. The van der Waals surface area contributed by atoms with Gasteiger partial charge in [-0.05, 0) is 22.2 Å². The third kappa shape index (κ3) is 2.76. The number of halogens is 1. The predicted octanol–water partition coefficient (Wildman–Crippen LogP) is 2.84. The maximum Gasteiger partial charge on any atom is 0.115 e. The Morgan fingerprint density at radius 1 is 1.36 bits per heavy atom. The van der Waals surface area contributed by atoms with E-state index >= 15 is 0 Å². The largest absolute Gasteiger partial charge is 0.508 e. The van der Waals surface area contributed by atoms with Gasteiger partial charge in [0, 0.05) is 6.42 Å². The summed E-state index contributed by atoms with van der Waals surface area (Å²) in [7, 11) is 0. The molecule has 0 heterocycles. The van der Waals surface area contributed by atoms with Gasteiger partial charge in [0.05, 0.1) is 0 Å². The van der Waals surface area contributed by atoms with Gasteiger partial charge < -0.3 is 5.11 Å². The summed E-state index contributed by atoms with van der Waals surface area (Å²) in [5.41, 5.74) is 1.14. The van der Waals surface area contributed by atoms with E-state index < -0.39 is 0 Å². The molecule has 0 amide bonds. The Balaban J connectivity index is 2.74. The number of aromatic hydroxyl groups is 1. The molecule has 0 fully saturated rings. The van der Waals surface area contributed by atoms with Gasteiger partial charge in [0.2, 0.25) is 0 Å². The van der Waals surface area contributed by atoms with Gasteiger partial charge in [-0.15, -0.1) is 0 Å². The van der Waals surface area contributed by atoms with Gasteiger partial charge in [0.25, 0.3) is 0 Å². The lowest BCUT2D eigenvalue weighted by Crippen LogP contribution is -1.81. The lowest BCUT2D eigenvalue weighted by atomic mass is 10.1. The van der Waals surface area contributed by atoms with Crippen LogP contribution in [0.25, 0.3) is 0 Å². The van der Waals surface area contributed by atoms with E-state index in [1.165, 1.54) is 0 Å². The molecule has 0 saturated carbocycles. The topological polar surface area (TPSA) is 20.2 Å². The van der Waals surface area contributed by atoms with Gasteiger partial charge in [-0.1, -0.05) is 34.6 Å². The Hall–Kier alpha value is -0.760. The molecule has 1 nitrogen and oxygen atoms in total. The van der Waals surface area contributed by atoms with Crippen molar-refractivity contribution in [3.8, 4) is 5.75 Å². The second-order valence-corrected chi connectivity index (χ2v) is 3.48. The lowest BCUT2D eigenvalue weighted by Gasteiger charge is -1.98. The number of hydrogen-bond acceptors (Lipinski definition) is 1. The fourth-order valence-electron chi connectivity index (χ4n) is 0.835. The fourth-order valence-corrected chi connectivity index (χ4v) is 1.16. The molecule has 11 heavy (non-hydrogen) atoms. The molecule has 0 aromatic heterocycles. The van der Waals surface area contributed by atoms with E-state index in [0.717, 1.165) is 16.5 Å². The smallest absolute Gasteiger partial charge is 0.115 e. The van der Waals surface area contributed by atoms with Crippen LogP contribution in [-0.4, -0.2) is 5.11 Å². The van der Waals surface area contributed by atoms with E-state index in [1.54, 1.807) is 12.1 Å². The van der Waals surface area contributed by atoms with E-state index in [2.05, 4.69) is 22.5 Å². The van der Waals surface area contributed by atoms with Crippen LogP contribution in [-0.2, 0) is 6.42 Å². The van der Waals surface area contributed by atoms with Crippen LogP contribution in [0.1, 0.15) is 5.56 Å². The Labute approximate surface area is 74.5 Å². The highest BCUT2D eigenvalue weighted by molar-refractivity contribution is 9.11. The van der Waals surface area contributed by atoms with Crippen molar-refractivity contribution in [1.29, 1.82) is 0 Å². The minimum absolute atomic E-state index is 0.300. The quantitative estimate of drug-likeness (QED) is 0.800. The molecule has 0 radical (unpaired) electrons. The standard InChI is InChI=1S/C9H9BrO/c1-7(10)6-8-2-4-9(11)5-3-8/h2-5,11H,1,6H2. The van der Waals surface area contributed by atoms with Crippen molar-refractivity contribution in [1.82, 2.24) is 0 Å². The first-order chi connectivity index (χ1) is 5.18. The maximum absolute atomic E-state index is 8.96. The number of allylic oxidation sites excluding steroid dienone is 1. The molecule has 0 aliphatic carbocycles. The maximum atomic E-state index is 8.96. The number of phenolic OH excluding ortho intramolecular Hbond substituents is 1. The first kappa shape index (κ1) is 8.34. The second-order valence-electron chi connectivity index (χ2n) is 2.36. The molecule has 0 atom stereocenters.